The van der Waals surface area contributed by atoms with Gasteiger partial charge in [0.2, 0.25) is 0 Å². The van der Waals surface area contributed by atoms with Gasteiger partial charge in [0.15, 0.2) is 11.5 Å². The first kappa shape index (κ1) is 18.3. The normalized spacial score (nSPS) is 17.0. The number of amides is 1. The van der Waals surface area contributed by atoms with Gasteiger partial charge in [-0.3, -0.25) is 14.5 Å². The molecule has 2 heterocycles. The van der Waals surface area contributed by atoms with Crippen molar-refractivity contribution >= 4 is 39.9 Å². The van der Waals surface area contributed by atoms with Crippen molar-refractivity contribution in [2.45, 2.75) is 19.4 Å². The molecule has 3 aromatic rings. The molecule has 1 amide bonds. The Balaban J connectivity index is 1.99. The minimum absolute atomic E-state index is 0.129. The van der Waals surface area contributed by atoms with Gasteiger partial charge in [-0.25, -0.2) is 0 Å². The van der Waals surface area contributed by atoms with Gasteiger partial charge in [0.25, 0.3) is 5.91 Å². The molecular formula is C22H19ClN2O3. The Hall–Kier alpha value is -3.05. The van der Waals surface area contributed by atoms with Crippen molar-refractivity contribution in [3.05, 3.63) is 76.6 Å². The van der Waals surface area contributed by atoms with Crippen molar-refractivity contribution in [2.75, 3.05) is 4.90 Å². The van der Waals surface area contributed by atoms with Gasteiger partial charge in [0.05, 0.1) is 11.6 Å². The molecule has 1 unspecified atom stereocenters. The van der Waals surface area contributed by atoms with Crippen LogP contribution in [0, 0.1) is 0 Å². The second-order valence-electron chi connectivity index (χ2n) is 6.81. The van der Waals surface area contributed by atoms with E-state index in [2.05, 4.69) is 0 Å². The van der Waals surface area contributed by atoms with Crippen LogP contribution in [0.1, 0.15) is 24.9 Å². The average molecular weight is 395 g/mol. The lowest BCUT2D eigenvalue weighted by Gasteiger charge is -2.26. The highest BCUT2D eigenvalue weighted by atomic mass is 35.5. The molecule has 5 nitrogen and oxygen atoms in total. The predicted octanol–water partition coefficient (Wildman–Crippen LogP) is 4.71. The minimum Gasteiger partial charge on any atom is -0.503 e. The van der Waals surface area contributed by atoms with Crippen molar-refractivity contribution in [1.82, 2.24) is 4.57 Å². The molecule has 0 radical (unpaired) electrons. The summed E-state index contributed by atoms with van der Waals surface area (Å²) in [6.45, 7) is 1.72. The molecule has 4 rings (SSSR count). The number of hydrogen-bond acceptors (Lipinski definition) is 3. The summed E-state index contributed by atoms with van der Waals surface area (Å²) in [5.41, 5.74) is 2.42. The van der Waals surface area contributed by atoms with Crippen LogP contribution in [0.15, 0.2) is 66.1 Å². The molecule has 0 saturated carbocycles. The van der Waals surface area contributed by atoms with Crippen LogP contribution < -0.4 is 4.90 Å². The van der Waals surface area contributed by atoms with Gasteiger partial charge in [-0.2, -0.15) is 0 Å². The summed E-state index contributed by atoms with van der Waals surface area (Å²) < 4.78 is 1.95. The second-order valence-corrected chi connectivity index (χ2v) is 7.25. The number of nitrogens with zero attached hydrogens (tertiary/aromatic N) is 2. The number of hydrogen-bond donors (Lipinski definition) is 1. The van der Waals surface area contributed by atoms with Crippen LogP contribution in [0.4, 0.5) is 5.69 Å². The number of fused-ring (bicyclic) bond motifs is 1. The number of aliphatic hydroxyl groups excluding tert-OH is 1. The predicted molar refractivity (Wildman–Crippen MR) is 110 cm³/mol. The molecule has 1 aliphatic heterocycles. The lowest BCUT2D eigenvalue weighted by molar-refractivity contribution is -0.118. The maximum atomic E-state index is 13.0. The quantitative estimate of drug-likeness (QED) is 0.697. The van der Waals surface area contributed by atoms with Gasteiger partial charge in [-0.05, 0) is 24.3 Å². The molecule has 1 aliphatic rings. The number of aliphatic hydroxyl groups is 1. The second kappa shape index (κ2) is 6.84. The van der Waals surface area contributed by atoms with Gasteiger partial charge in [-0.1, -0.05) is 42.8 Å². The van der Waals surface area contributed by atoms with Gasteiger partial charge < -0.3 is 9.67 Å². The molecule has 0 bridgehead atoms. The van der Waals surface area contributed by atoms with E-state index in [1.54, 1.807) is 31.2 Å². The van der Waals surface area contributed by atoms with E-state index in [1.807, 2.05) is 42.1 Å². The van der Waals surface area contributed by atoms with Gasteiger partial charge >= 0.3 is 0 Å². The number of benzene rings is 2. The molecule has 1 atom stereocenters. The largest absolute Gasteiger partial charge is 0.503 e. The third kappa shape index (κ3) is 2.70. The maximum Gasteiger partial charge on any atom is 0.294 e. The first-order valence-corrected chi connectivity index (χ1v) is 9.41. The number of carbonyl (C=O) groups excluding carboxylic acids is 2. The van der Waals surface area contributed by atoms with Crippen LogP contribution in [-0.2, 0) is 16.6 Å². The number of Topliss-reactive ketones (excluding diaryl/α,β-unsaturated/α-hetero) is 1. The van der Waals surface area contributed by atoms with Gasteiger partial charge in [0, 0.05) is 46.8 Å². The van der Waals surface area contributed by atoms with E-state index in [9.17, 15) is 14.7 Å². The minimum atomic E-state index is -0.718. The number of ketones is 1. The smallest absolute Gasteiger partial charge is 0.294 e. The third-order valence-corrected chi connectivity index (χ3v) is 5.37. The van der Waals surface area contributed by atoms with Crippen LogP contribution >= 0.6 is 11.6 Å². The first-order valence-electron chi connectivity index (χ1n) is 9.03. The summed E-state index contributed by atoms with van der Waals surface area (Å²) in [7, 11) is 1.91. The van der Waals surface area contributed by atoms with E-state index in [1.165, 1.54) is 4.90 Å². The highest BCUT2D eigenvalue weighted by molar-refractivity contribution is 6.31. The molecule has 142 valence electrons. The van der Waals surface area contributed by atoms with E-state index < -0.39 is 17.7 Å². The van der Waals surface area contributed by atoms with E-state index in [0.717, 1.165) is 16.5 Å². The number of para-hydroxylation sites is 1. The number of rotatable bonds is 4. The monoisotopic (exact) mass is 394 g/mol. The van der Waals surface area contributed by atoms with E-state index in [4.69, 9.17) is 11.6 Å². The summed E-state index contributed by atoms with van der Waals surface area (Å²) in [6.07, 6.45) is 2.10. The molecule has 6 heteroatoms. The fourth-order valence-electron chi connectivity index (χ4n) is 3.86. The molecule has 0 saturated heterocycles. The van der Waals surface area contributed by atoms with Crippen LogP contribution in [-0.4, -0.2) is 21.4 Å². The van der Waals surface area contributed by atoms with Crippen LogP contribution in [0.5, 0.6) is 0 Å². The highest BCUT2D eigenvalue weighted by Crippen LogP contribution is 2.44. The highest BCUT2D eigenvalue weighted by Gasteiger charge is 2.44. The van der Waals surface area contributed by atoms with E-state index in [0.29, 0.717) is 10.7 Å². The topological polar surface area (TPSA) is 62.5 Å². The average Bonchev–Trinajstić information content (AvgIpc) is 3.16. The summed E-state index contributed by atoms with van der Waals surface area (Å²) in [5.74, 6) is -1.35. The third-order valence-electron chi connectivity index (χ3n) is 5.14. The zero-order valence-corrected chi connectivity index (χ0v) is 16.3. The Morgan fingerprint density at radius 2 is 1.93 bits per heavy atom. The molecule has 0 aliphatic carbocycles. The standard InChI is InChI=1S/C22H19ClN2O3/c1-3-18(26)19-20(16-12-24(2)17-10-5-4-9-15(16)17)25(22(28)21(19)27)14-8-6-7-13(23)11-14/h4-12,20,27H,3H2,1-2H3. The van der Waals surface area contributed by atoms with Crippen LogP contribution in [0.25, 0.3) is 10.9 Å². The Morgan fingerprint density at radius 3 is 2.64 bits per heavy atom. The van der Waals surface area contributed by atoms with E-state index in [-0.39, 0.29) is 17.8 Å². The molecule has 1 aromatic heterocycles. The number of anilines is 1. The van der Waals surface area contributed by atoms with Crippen molar-refractivity contribution in [2.24, 2.45) is 7.05 Å². The molecule has 2 aromatic carbocycles. The SMILES string of the molecule is CCC(=O)C1=C(O)C(=O)N(c2cccc(Cl)c2)C1c1cn(C)c2ccccc12. The Labute approximate surface area is 167 Å². The molecule has 1 N–H and O–H groups in total. The Morgan fingerprint density at radius 1 is 1.18 bits per heavy atom. The zero-order valence-electron chi connectivity index (χ0n) is 15.5. The fraction of sp³-hybridized carbons (Fsp3) is 0.182. The lowest BCUT2D eigenvalue weighted by Crippen LogP contribution is -2.30. The van der Waals surface area contributed by atoms with Gasteiger partial charge in [-0.15, -0.1) is 0 Å². The van der Waals surface area contributed by atoms with E-state index >= 15 is 0 Å². The van der Waals surface area contributed by atoms with Crippen molar-refractivity contribution in [3.63, 3.8) is 0 Å². The first-order chi connectivity index (χ1) is 13.4. The number of aromatic nitrogens is 1. The number of carbonyl (C=O) groups is 2. The fourth-order valence-corrected chi connectivity index (χ4v) is 4.04. The summed E-state index contributed by atoms with van der Waals surface area (Å²) >= 11 is 6.14. The molecular weight excluding hydrogens is 376 g/mol. The van der Waals surface area contributed by atoms with Crippen molar-refractivity contribution < 1.29 is 14.7 Å². The Kier molecular flexibility index (Phi) is 4.47. The zero-order chi connectivity index (χ0) is 20.0. The van der Waals surface area contributed by atoms with Crippen molar-refractivity contribution in [1.29, 1.82) is 0 Å². The molecule has 0 fully saturated rings. The van der Waals surface area contributed by atoms with Crippen LogP contribution in [0.3, 0.4) is 0 Å². The lowest BCUT2D eigenvalue weighted by atomic mass is 9.94. The van der Waals surface area contributed by atoms with Crippen molar-refractivity contribution in [3.8, 4) is 0 Å². The number of halogens is 1. The summed E-state index contributed by atoms with van der Waals surface area (Å²) in [5, 5.41) is 12.0. The summed E-state index contributed by atoms with van der Waals surface area (Å²) in [4.78, 5) is 27.2. The number of aryl methyl sites for hydroxylation is 1. The van der Waals surface area contributed by atoms with Gasteiger partial charge in [0.1, 0.15) is 0 Å². The Bertz CT molecular complexity index is 1150. The summed E-state index contributed by atoms with van der Waals surface area (Å²) in [6, 6.07) is 13.9. The molecule has 0 spiro atoms. The van der Waals surface area contributed by atoms with Crippen LogP contribution in [0.2, 0.25) is 5.02 Å². The molecule has 28 heavy (non-hydrogen) atoms. The maximum absolute atomic E-state index is 13.0.